The van der Waals surface area contributed by atoms with Crippen LogP contribution in [0.1, 0.15) is 34.5 Å². The van der Waals surface area contributed by atoms with Crippen LogP contribution in [0, 0.1) is 0 Å². The fourth-order valence-corrected chi connectivity index (χ4v) is 3.00. The highest BCUT2D eigenvalue weighted by molar-refractivity contribution is 6.04. The summed E-state index contributed by atoms with van der Waals surface area (Å²) in [5.74, 6) is -0.833. The van der Waals surface area contributed by atoms with E-state index < -0.39 is 29.8 Å². The van der Waals surface area contributed by atoms with E-state index in [4.69, 9.17) is 4.74 Å². The number of nitrogens with one attached hydrogen (secondary N) is 2. The molecular weight excluding hydrogens is 441 g/mol. The number of alkyl halides is 3. The number of nitrogens with zero attached hydrogens (tertiary/aromatic N) is 2. The molecule has 0 bridgehead atoms. The maximum Gasteiger partial charge on any atom is 0.416 e. The maximum absolute atomic E-state index is 12.9. The Kier molecular flexibility index (Phi) is 7.34. The second-order valence-electron chi connectivity index (χ2n) is 6.89. The largest absolute Gasteiger partial charge is 0.462 e. The molecule has 3 aromatic rings. The van der Waals surface area contributed by atoms with E-state index in [1.54, 1.807) is 37.3 Å². The quantitative estimate of drug-likeness (QED) is 0.450. The van der Waals surface area contributed by atoms with Crippen molar-refractivity contribution in [2.75, 3.05) is 17.2 Å². The lowest BCUT2D eigenvalue weighted by atomic mass is 10.1. The normalized spacial score (nSPS) is 12.2. The Bertz CT molecular complexity index is 1120. The highest BCUT2D eigenvalue weighted by atomic mass is 19.4. The zero-order valence-electron chi connectivity index (χ0n) is 17.5. The summed E-state index contributed by atoms with van der Waals surface area (Å²) >= 11 is 0. The molecule has 0 saturated heterocycles. The minimum Gasteiger partial charge on any atom is -0.462 e. The number of esters is 1. The summed E-state index contributed by atoms with van der Waals surface area (Å²) in [4.78, 5) is 24.8. The molecule has 0 aliphatic carbocycles. The maximum atomic E-state index is 12.9. The summed E-state index contributed by atoms with van der Waals surface area (Å²) in [5.41, 5.74) is -0.514. The first-order chi connectivity index (χ1) is 15.7. The highest BCUT2D eigenvalue weighted by Crippen LogP contribution is 2.30. The van der Waals surface area contributed by atoms with Crippen LogP contribution in [0.5, 0.6) is 0 Å². The molecule has 0 radical (unpaired) electrons. The van der Waals surface area contributed by atoms with E-state index in [0.29, 0.717) is 5.56 Å². The molecule has 11 heteroatoms. The number of carbonyl (C=O) groups excluding carboxylic acids is 2. The number of urea groups is 1. The van der Waals surface area contributed by atoms with E-state index in [1.165, 1.54) is 16.9 Å². The van der Waals surface area contributed by atoms with Crippen molar-refractivity contribution in [3.05, 3.63) is 77.5 Å². The molecule has 2 aromatic carbocycles. The lowest BCUT2D eigenvalue weighted by Crippen LogP contribution is -2.24. The second-order valence-corrected chi connectivity index (χ2v) is 6.89. The number of aromatic nitrogens is 2. The molecule has 2 amide bonds. The van der Waals surface area contributed by atoms with Crippen LogP contribution in [0.4, 0.5) is 29.5 Å². The van der Waals surface area contributed by atoms with Gasteiger partial charge in [-0.3, -0.25) is 5.32 Å². The van der Waals surface area contributed by atoms with Gasteiger partial charge in [-0.05, 0) is 30.7 Å². The van der Waals surface area contributed by atoms with E-state index in [0.717, 1.165) is 18.2 Å². The van der Waals surface area contributed by atoms with Gasteiger partial charge in [0, 0.05) is 5.69 Å². The van der Waals surface area contributed by atoms with Gasteiger partial charge in [0.1, 0.15) is 11.4 Å². The summed E-state index contributed by atoms with van der Waals surface area (Å²) in [5, 5.41) is 19.3. The van der Waals surface area contributed by atoms with Crippen LogP contribution in [0.2, 0.25) is 0 Å². The molecule has 1 heterocycles. The molecule has 0 fully saturated rings. The molecule has 33 heavy (non-hydrogen) atoms. The number of anilines is 2. The summed E-state index contributed by atoms with van der Waals surface area (Å²) < 4.78 is 44.9. The van der Waals surface area contributed by atoms with Crippen LogP contribution in [0.3, 0.4) is 0 Å². The fourth-order valence-electron chi connectivity index (χ4n) is 3.00. The number of carbonyl (C=O) groups is 2. The minimum atomic E-state index is -4.57. The van der Waals surface area contributed by atoms with E-state index in [1.807, 2.05) is 0 Å². The number of benzene rings is 2. The lowest BCUT2D eigenvalue weighted by Gasteiger charge is -2.15. The first-order valence-corrected chi connectivity index (χ1v) is 9.90. The summed E-state index contributed by atoms with van der Waals surface area (Å²) in [6.07, 6.45) is -4.40. The van der Waals surface area contributed by atoms with Crippen LogP contribution in [-0.2, 0) is 17.5 Å². The Hall–Kier alpha value is -3.86. The average molecular weight is 462 g/mol. The Labute approximate surface area is 187 Å². The number of halogens is 3. The van der Waals surface area contributed by atoms with Crippen molar-refractivity contribution < 1.29 is 32.6 Å². The average Bonchev–Trinajstić information content (AvgIpc) is 3.16. The van der Waals surface area contributed by atoms with Crippen LogP contribution in [-0.4, -0.2) is 33.5 Å². The van der Waals surface area contributed by atoms with Crippen molar-refractivity contribution in [2.45, 2.75) is 25.7 Å². The van der Waals surface area contributed by atoms with Gasteiger partial charge in [-0.15, -0.1) is 0 Å². The summed E-state index contributed by atoms with van der Waals surface area (Å²) in [7, 11) is 0. The van der Waals surface area contributed by atoms with Crippen molar-refractivity contribution in [1.29, 1.82) is 0 Å². The van der Waals surface area contributed by atoms with Crippen molar-refractivity contribution in [1.82, 2.24) is 9.78 Å². The molecule has 174 valence electrons. The Morgan fingerprint density at radius 2 is 1.85 bits per heavy atom. The smallest absolute Gasteiger partial charge is 0.416 e. The molecular formula is C22H21F3N4O4. The number of amides is 2. The zero-order valence-corrected chi connectivity index (χ0v) is 17.5. The Balaban J connectivity index is 1.83. The fraction of sp³-hybridized carbons (Fsp3) is 0.227. The van der Waals surface area contributed by atoms with Crippen molar-refractivity contribution in [2.24, 2.45) is 0 Å². The van der Waals surface area contributed by atoms with E-state index >= 15 is 0 Å². The van der Waals surface area contributed by atoms with Gasteiger partial charge in [0.2, 0.25) is 0 Å². The van der Waals surface area contributed by atoms with Gasteiger partial charge in [-0.1, -0.05) is 36.4 Å². The number of aliphatic hydroxyl groups is 1. The number of hydrogen-bond acceptors (Lipinski definition) is 5. The highest BCUT2D eigenvalue weighted by Gasteiger charge is 2.30. The third-order valence-corrected chi connectivity index (χ3v) is 4.54. The molecule has 3 rings (SSSR count). The topological polar surface area (TPSA) is 105 Å². The van der Waals surface area contributed by atoms with Crippen molar-refractivity contribution in [3.63, 3.8) is 0 Å². The number of hydrogen-bond donors (Lipinski definition) is 3. The molecule has 0 aliphatic rings. The molecule has 0 spiro atoms. The van der Waals surface area contributed by atoms with Gasteiger partial charge in [-0.25, -0.2) is 14.3 Å². The van der Waals surface area contributed by atoms with Gasteiger partial charge < -0.3 is 15.2 Å². The summed E-state index contributed by atoms with van der Waals surface area (Å²) in [6.45, 7) is 1.57. The van der Waals surface area contributed by atoms with Gasteiger partial charge >= 0.3 is 18.2 Å². The molecule has 1 aromatic heterocycles. The van der Waals surface area contributed by atoms with E-state index in [-0.39, 0.29) is 30.2 Å². The molecule has 1 unspecified atom stereocenters. The molecule has 0 saturated carbocycles. The Morgan fingerprint density at radius 1 is 1.12 bits per heavy atom. The third-order valence-electron chi connectivity index (χ3n) is 4.54. The SMILES string of the molecule is CCOC(=O)c1cnn(CC(O)c2ccccc2)c1NC(=O)Nc1cccc(C(F)(F)F)c1. The van der Waals surface area contributed by atoms with Crippen LogP contribution >= 0.6 is 0 Å². The van der Waals surface area contributed by atoms with E-state index in [2.05, 4.69) is 15.7 Å². The molecule has 1 atom stereocenters. The van der Waals surface area contributed by atoms with Crippen LogP contribution in [0.25, 0.3) is 0 Å². The predicted molar refractivity (Wildman–Crippen MR) is 114 cm³/mol. The number of ether oxygens (including phenoxy) is 1. The first-order valence-electron chi connectivity index (χ1n) is 9.90. The van der Waals surface area contributed by atoms with Crippen LogP contribution < -0.4 is 10.6 Å². The van der Waals surface area contributed by atoms with E-state index in [9.17, 15) is 27.9 Å². The second kappa shape index (κ2) is 10.2. The van der Waals surface area contributed by atoms with Gasteiger partial charge in [0.05, 0.1) is 31.0 Å². The van der Waals surface area contributed by atoms with Gasteiger partial charge in [0.25, 0.3) is 0 Å². The van der Waals surface area contributed by atoms with Gasteiger partial charge in [0.15, 0.2) is 0 Å². The monoisotopic (exact) mass is 462 g/mol. The zero-order chi connectivity index (χ0) is 24.0. The molecule has 8 nitrogen and oxygen atoms in total. The number of rotatable bonds is 7. The third kappa shape index (κ3) is 6.10. The standard InChI is InChI=1S/C22H21F3N4O4/c1-2-33-20(31)17-12-26-29(13-18(30)14-7-4-3-5-8-14)19(17)28-21(32)27-16-10-6-9-15(11-16)22(23,24)25/h3-12,18,30H,2,13H2,1H3,(H2,27,28,32). The van der Waals surface area contributed by atoms with Gasteiger partial charge in [-0.2, -0.15) is 18.3 Å². The molecule has 3 N–H and O–H groups in total. The van der Waals surface area contributed by atoms with Crippen LogP contribution in [0.15, 0.2) is 60.8 Å². The summed E-state index contributed by atoms with van der Waals surface area (Å²) in [6, 6.07) is 11.9. The minimum absolute atomic E-state index is 0.0729. The molecule has 0 aliphatic heterocycles. The first kappa shape index (κ1) is 23.8. The Morgan fingerprint density at radius 3 is 2.52 bits per heavy atom. The predicted octanol–water partition coefficient (Wildman–Crippen LogP) is 4.46. The van der Waals surface area contributed by atoms with Crippen molar-refractivity contribution >= 4 is 23.5 Å². The lowest BCUT2D eigenvalue weighted by molar-refractivity contribution is -0.137. The van der Waals surface area contributed by atoms with Crippen molar-refractivity contribution in [3.8, 4) is 0 Å². The number of aliphatic hydroxyl groups excluding tert-OH is 1.